The summed E-state index contributed by atoms with van der Waals surface area (Å²) in [7, 11) is 0. The third kappa shape index (κ3) is 3.56. The number of hydrogen-bond acceptors (Lipinski definition) is 5. The van der Waals surface area contributed by atoms with Crippen molar-refractivity contribution >= 4 is 11.6 Å². The molecule has 1 fully saturated rings. The van der Waals surface area contributed by atoms with E-state index in [2.05, 4.69) is 39.8 Å². The average molecular weight is 235 g/mol. The molecule has 1 aliphatic rings. The Labute approximate surface area is 102 Å². The lowest BCUT2D eigenvalue weighted by atomic mass is 10.2. The minimum absolute atomic E-state index is 0.380. The molecule has 94 valence electrons. The van der Waals surface area contributed by atoms with Crippen molar-refractivity contribution in [2.24, 2.45) is 0 Å². The number of anilines is 2. The van der Waals surface area contributed by atoms with E-state index in [1.54, 1.807) is 0 Å². The number of aromatic nitrogens is 2. The van der Waals surface area contributed by atoms with Crippen molar-refractivity contribution in [2.75, 3.05) is 23.7 Å². The van der Waals surface area contributed by atoms with Crippen LogP contribution in [0.5, 0.6) is 0 Å². The zero-order chi connectivity index (χ0) is 12.3. The van der Waals surface area contributed by atoms with Crippen molar-refractivity contribution < 1.29 is 0 Å². The molecule has 1 aromatic heterocycles. The Morgan fingerprint density at radius 3 is 2.76 bits per heavy atom. The molecule has 2 rings (SSSR count). The van der Waals surface area contributed by atoms with Crippen LogP contribution in [0.3, 0.4) is 0 Å². The van der Waals surface area contributed by atoms with E-state index in [-0.39, 0.29) is 0 Å². The Morgan fingerprint density at radius 2 is 2.12 bits per heavy atom. The van der Waals surface area contributed by atoms with Gasteiger partial charge in [-0.25, -0.2) is 9.97 Å². The van der Waals surface area contributed by atoms with Crippen molar-refractivity contribution in [2.45, 2.75) is 39.3 Å². The van der Waals surface area contributed by atoms with Gasteiger partial charge in [0.25, 0.3) is 0 Å². The Bertz CT molecular complexity index is 371. The van der Waals surface area contributed by atoms with Crippen LogP contribution in [0.25, 0.3) is 0 Å². The third-order valence-corrected chi connectivity index (χ3v) is 2.69. The van der Waals surface area contributed by atoms with Gasteiger partial charge in [0.05, 0.1) is 0 Å². The third-order valence-electron chi connectivity index (χ3n) is 2.69. The molecular formula is C12H21N5. The second-order valence-corrected chi connectivity index (χ2v) is 4.82. The molecule has 1 saturated heterocycles. The summed E-state index contributed by atoms with van der Waals surface area (Å²) in [6.45, 7) is 8.22. The highest BCUT2D eigenvalue weighted by Crippen LogP contribution is 2.14. The first-order valence-electron chi connectivity index (χ1n) is 6.23. The Morgan fingerprint density at radius 1 is 1.35 bits per heavy atom. The second-order valence-electron chi connectivity index (χ2n) is 4.82. The van der Waals surface area contributed by atoms with E-state index >= 15 is 0 Å². The molecular weight excluding hydrogens is 214 g/mol. The summed E-state index contributed by atoms with van der Waals surface area (Å²) in [6.07, 6.45) is 1.15. The summed E-state index contributed by atoms with van der Waals surface area (Å²) in [6, 6.07) is 2.84. The van der Waals surface area contributed by atoms with E-state index in [4.69, 9.17) is 0 Å². The molecule has 0 radical (unpaired) electrons. The summed E-state index contributed by atoms with van der Waals surface area (Å²) >= 11 is 0. The SMILES string of the molecule is Cc1nc(NC(C)C)cc(NC2CCNC2)n1. The second kappa shape index (κ2) is 5.31. The molecule has 5 nitrogen and oxygen atoms in total. The fourth-order valence-electron chi connectivity index (χ4n) is 2.00. The highest BCUT2D eigenvalue weighted by molar-refractivity contribution is 5.48. The Kier molecular flexibility index (Phi) is 3.78. The fraction of sp³-hybridized carbons (Fsp3) is 0.667. The van der Waals surface area contributed by atoms with Gasteiger partial charge in [0, 0.05) is 24.7 Å². The van der Waals surface area contributed by atoms with Crippen LogP contribution in [-0.4, -0.2) is 35.1 Å². The van der Waals surface area contributed by atoms with E-state index in [9.17, 15) is 0 Å². The van der Waals surface area contributed by atoms with Gasteiger partial charge in [-0.05, 0) is 33.7 Å². The van der Waals surface area contributed by atoms with Crippen molar-refractivity contribution in [1.29, 1.82) is 0 Å². The number of rotatable bonds is 4. The van der Waals surface area contributed by atoms with Crippen molar-refractivity contribution in [3.63, 3.8) is 0 Å². The lowest BCUT2D eigenvalue weighted by Crippen LogP contribution is -2.23. The smallest absolute Gasteiger partial charge is 0.132 e. The summed E-state index contributed by atoms with van der Waals surface area (Å²) in [5, 5.41) is 10.1. The van der Waals surface area contributed by atoms with E-state index in [0.29, 0.717) is 12.1 Å². The molecule has 1 aromatic rings. The van der Waals surface area contributed by atoms with E-state index in [1.165, 1.54) is 0 Å². The molecule has 0 aromatic carbocycles. The predicted octanol–water partition coefficient (Wildman–Crippen LogP) is 1.38. The van der Waals surface area contributed by atoms with Gasteiger partial charge in [-0.15, -0.1) is 0 Å². The molecule has 0 spiro atoms. The van der Waals surface area contributed by atoms with Crippen LogP contribution in [0.4, 0.5) is 11.6 Å². The highest BCUT2D eigenvalue weighted by atomic mass is 15.1. The summed E-state index contributed by atoms with van der Waals surface area (Å²) in [4.78, 5) is 8.79. The molecule has 1 aliphatic heterocycles. The average Bonchev–Trinajstić information content (AvgIpc) is 2.67. The maximum atomic E-state index is 4.41. The maximum absolute atomic E-state index is 4.41. The molecule has 5 heteroatoms. The number of nitrogens with one attached hydrogen (secondary N) is 3. The molecule has 0 amide bonds. The van der Waals surface area contributed by atoms with Gasteiger partial charge in [-0.2, -0.15) is 0 Å². The zero-order valence-electron chi connectivity index (χ0n) is 10.7. The highest BCUT2D eigenvalue weighted by Gasteiger charge is 2.15. The van der Waals surface area contributed by atoms with Crippen molar-refractivity contribution in [3.8, 4) is 0 Å². The lowest BCUT2D eigenvalue weighted by molar-refractivity contribution is 0.784. The molecule has 1 unspecified atom stereocenters. The minimum Gasteiger partial charge on any atom is -0.368 e. The predicted molar refractivity (Wildman–Crippen MR) is 70.4 cm³/mol. The Balaban J connectivity index is 2.07. The molecule has 0 bridgehead atoms. The summed E-state index contributed by atoms with van der Waals surface area (Å²) < 4.78 is 0. The van der Waals surface area contributed by atoms with Crippen LogP contribution in [0.2, 0.25) is 0 Å². The van der Waals surface area contributed by atoms with E-state index < -0.39 is 0 Å². The van der Waals surface area contributed by atoms with Crippen LogP contribution in [-0.2, 0) is 0 Å². The molecule has 0 aliphatic carbocycles. The zero-order valence-corrected chi connectivity index (χ0v) is 10.7. The van der Waals surface area contributed by atoms with Crippen molar-refractivity contribution in [3.05, 3.63) is 11.9 Å². The van der Waals surface area contributed by atoms with Crippen LogP contribution in [0.1, 0.15) is 26.1 Å². The fourth-order valence-corrected chi connectivity index (χ4v) is 2.00. The number of nitrogens with zero attached hydrogens (tertiary/aromatic N) is 2. The van der Waals surface area contributed by atoms with Gasteiger partial charge in [0.15, 0.2) is 0 Å². The molecule has 1 atom stereocenters. The normalized spacial score (nSPS) is 19.6. The van der Waals surface area contributed by atoms with Crippen molar-refractivity contribution in [1.82, 2.24) is 15.3 Å². The first-order chi connectivity index (χ1) is 8.13. The maximum Gasteiger partial charge on any atom is 0.132 e. The number of aryl methyl sites for hydroxylation is 1. The van der Waals surface area contributed by atoms with E-state index in [1.807, 2.05) is 13.0 Å². The topological polar surface area (TPSA) is 61.9 Å². The molecule has 0 saturated carbocycles. The monoisotopic (exact) mass is 235 g/mol. The van der Waals surface area contributed by atoms with Gasteiger partial charge >= 0.3 is 0 Å². The quantitative estimate of drug-likeness (QED) is 0.736. The number of hydrogen-bond donors (Lipinski definition) is 3. The molecule has 3 N–H and O–H groups in total. The van der Waals surface area contributed by atoms with E-state index in [0.717, 1.165) is 37.0 Å². The first kappa shape index (κ1) is 12.1. The van der Waals surface area contributed by atoms with Gasteiger partial charge in [-0.3, -0.25) is 0 Å². The minimum atomic E-state index is 0.380. The van der Waals surface area contributed by atoms with Crippen LogP contribution < -0.4 is 16.0 Å². The summed E-state index contributed by atoms with van der Waals surface area (Å²) in [5.41, 5.74) is 0. The van der Waals surface area contributed by atoms with Gasteiger partial charge in [-0.1, -0.05) is 0 Å². The largest absolute Gasteiger partial charge is 0.368 e. The van der Waals surface area contributed by atoms with Crippen LogP contribution in [0.15, 0.2) is 6.07 Å². The summed E-state index contributed by atoms with van der Waals surface area (Å²) in [5.74, 6) is 2.60. The first-order valence-corrected chi connectivity index (χ1v) is 6.23. The van der Waals surface area contributed by atoms with Crippen LogP contribution >= 0.6 is 0 Å². The van der Waals surface area contributed by atoms with Gasteiger partial charge in [0.1, 0.15) is 17.5 Å². The lowest BCUT2D eigenvalue weighted by Gasteiger charge is -2.15. The van der Waals surface area contributed by atoms with Gasteiger partial charge in [0.2, 0.25) is 0 Å². The standard InChI is InChI=1S/C12H21N5/c1-8(2)14-11-6-12(16-9(3)15-11)17-10-4-5-13-7-10/h6,8,10,13H,4-5,7H2,1-3H3,(H2,14,15,16,17). The van der Waals surface area contributed by atoms with Crippen LogP contribution in [0, 0.1) is 6.92 Å². The Hall–Kier alpha value is -1.36. The molecule has 17 heavy (non-hydrogen) atoms. The molecule has 2 heterocycles. The van der Waals surface area contributed by atoms with Gasteiger partial charge < -0.3 is 16.0 Å².